The van der Waals surface area contributed by atoms with Crippen LogP contribution in [0.5, 0.6) is 0 Å². The summed E-state index contributed by atoms with van der Waals surface area (Å²) in [6, 6.07) is 8.51. The molecule has 0 bridgehead atoms. The predicted molar refractivity (Wildman–Crippen MR) is 115 cm³/mol. The highest BCUT2D eigenvalue weighted by molar-refractivity contribution is 7.99. The summed E-state index contributed by atoms with van der Waals surface area (Å²) in [5, 5.41) is 23.3. The highest BCUT2D eigenvalue weighted by Crippen LogP contribution is 2.37. The van der Waals surface area contributed by atoms with Crippen molar-refractivity contribution in [1.82, 2.24) is 25.2 Å². The fourth-order valence-corrected chi connectivity index (χ4v) is 6.21. The normalized spacial score (nSPS) is 19.8. The molecule has 7 nitrogen and oxygen atoms in total. The van der Waals surface area contributed by atoms with Gasteiger partial charge in [-0.05, 0) is 46.2 Å². The summed E-state index contributed by atoms with van der Waals surface area (Å²) in [7, 11) is 0. The standard InChI is InChI=1S/C19H20N6OS3/c26-18(12-29-19-20-22-23-24(19)13-5-1-2-6-13)25-15(17-8-4-10-28-17)11-14(21-25)16-7-3-9-27-16/h3-4,7-10,13,15H,1-2,5-6,11-12H2. The van der Waals surface area contributed by atoms with Gasteiger partial charge in [0.05, 0.1) is 28.4 Å². The van der Waals surface area contributed by atoms with Gasteiger partial charge in [-0.25, -0.2) is 9.69 Å². The molecule has 1 aliphatic carbocycles. The van der Waals surface area contributed by atoms with E-state index in [9.17, 15) is 4.79 Å². The van der Waals surface area contributed by atoms with Gasteiger partial charge in [0.1, 0.15) is 0 Å². The number of aromatic nitrogens is 4. The number of carbonyl (C=O) groups is 1. The molecule has 3 aromatic heterocycles. The number of thiophene rings is 2. The van der Waals surface area contributed by atoms with Gasteiger partial charge in [-0.2, -0.15) is 5.10 Å². The van der Waals surface area contributed by atoms with Crippen LogP contribution in [0.1, 0.15) is 53.9 Å². The SMILES string of the molecule is O=C(CSc1nnnn1C1CCCC1)N1N=C(c2cccs2)CC1c1cccs1. The fraction of sp³-hybridized carbons (Fsp3) is 0.421. The Kier molecular flexibility index (Phi) is 5.47. The Hall–Kier alpha value is -2.04. The molecule has 1 fully saturated rings. The summed E-state index contributed by atoms with van der Waals surface area (Å²) >= 11 is 4.73. The maximum absolute atomic E-state index is 13.1. The Morgan fingerprint density at radius 2 is 2.00 bits per heavy atom. The smallest absolute Gasteiger partial charge is 0.253 e. The lowest BCUT2D eigenvalue weighted by atomic mass is 10.1. The van der Waals surface area contributed by atoms with Gasteiger partial charge in [-0.1, -0.05) is 36.7 Å². The van der Waals surface area contributed by atoms with Crippen LogP contribution in [0.25, 0.3) is 0 Å². The second-order valence-electron chi connectivity index (χ2n) is 7.13. The zero-order chi connectivity index (χ0) is 19.6. The number of hydrogen-bond donors (Lipinski definition) is 0. The van der Waals surface area contributed by atoms with E-state index in [1.165, 1.54) is 24.6 Å². The van der Waals surface area contributed by atoms with Crippen molar-refractivity contribution >= 4 is 46.1 Å². The number of nitrogens with zero attached hydrogens (tertiary/aromatic N) is 6. The van der Waals surface area contributed by atoms with Gasteiger partial charge >= 0.3 is 0 Å². The van der Waals surface area contributed by atoms with Crippen molar-refractivity contribution in [3.8, 4) is 0 Å². The molecule has 150 valence electrons. The summed E-state index contributed by atoms with van der Waals surface area (Å²) in [5.74, 6) is 0.261. The number of hydrogen-bond acceptors (Lipinski definition) is 8. The van der Waals surface area contributed by atoms with Crippen molar-refractivity contribution in [3.05, 3.63) is 44.8 Å². The lowest BCUT2D eigenvalue weighted by Crippen LogP contribution is -2.28. The number of carbonyl (C=O) groups excluding carboxylic acids is 1. The lowest BCUT2D eigenvalue weighted by Gasteiger charge is -2.20. The lowest BCUT2D eigenvalue weighted by molar-refractivity contribution is -0.130. The van der Waals surface area contributed by atoms with Crippen LogP contribution in [0.4, 0.5) is 0 Å². The molecule has 2 aliphatic rings. The first kappa shape index (κ1) is 19.0. The minimum absolute atomic E-state index is 0.0130. The first-order valence-corrected chi connectivity index (χ1v) is 12.4. The molecule has 1 atom stereocenters. The molecular formula is C19H20N6OS3. The molecular weight excluding hydrogens is 424 g/mol. The molecule has 1 unspecified atom stereocenters. The Labute approximate surface area is 180 Å². The Morgan fingerprint density at radius 1 is 1.17 bits per heavy atom. The van der Waals surface area contributed by atoms with Gasteiger partial charge in [0, 0.05) is 11.3 Å². The summed E-state index contributed by atoms with van der Waals surface area (Å²) in [4.78, 5) is 15.4. The van der Waals surface area contributed by atoms with Crippen LogP contribution in [-0.4, -0.2) is 42.6 Å². The molecule has 1 aliphatic heterocycles. The minimum Gasteiger partial charge on any atom is -0.272 e. The van der Waals surface area contributed by atoms with Crippen LogP contribution < -0.4 is 0 Å². The van der Waals surface area contributed by atoms with E-state index >= 15 is 0 Å². The van der Waals surface area contributed by atoms with E-state index in [1.54, 1.807) is 27.7 Å². The quantitative estimate of drug-likeness (QED) is 0.527. The minimum atomic E-state index is -0.0361. The molecule has 5 rings (SSSR count). The van der Waals surface area contributed by atoms with Crippen molar-refractivity contribution in [2.45, 2.75) is 49.3 Å². The molecule has 0 spiro atoms. The topological polar surface area (TPSA) is 76.3 Å². The van der Waals surface area contributed by atoms with E-state index in [0.717, 1.165) is 39.9 Å². The van der Waals surface area contributed by atoms with Gasteiger partial charge in [0.25, 0.3) is 5.91 Å². The van der Waals surface area contributed by atoms with E-state index < -0.39 is 0 Å². The van der Waals surface area contributed by atoms with Gasteiger partial charge in [0.2, 0.25) is 5.16 Å². The monoisotopic (exact) mass is 444 g/mol. The maximum atomic E-state index is 13.1. The largest absolute Gasteiger partial charge is 0.272 e. The predicted octanol–water partition coefficient (Wildman–Crippen LogP) is 4.38. The van der Waals surface area contributed by atoms with Crippen molar-refractivity contribution < 1.29 is 4.79 Å². The third kappa shape index (κ3) is 3.88. The zero-order valence-corrected chi connectivity index (χ0v) is 18.1. The van der Waals surface area contributed by atoms with Gasteiger partial charge in [-0.3, -0.25) is 4.79 Å². The molecule has 3 aromatic rings. The molecule has 0 N–H and O–H groups in total. The Balaban J connectivity index is 1.32. The van der Waals surface area contributed by atoms with Crippen LogP contribution >= 0.6 is 34.4 Å². The highest BCUT2D eigenvalue weighted by atomic mass is 32.2. The number of amides is 1. The first-order chi connectivity index (χ1) is 14.3. The van der Waals surface area contributed by atoms with Crippen molar-refractivity contribution in [1.29, 1.82) is 0 Å². The number of hydrazone groups is 1. The number of rotatable bonds is 6. The van der Waals surface area contributed by atoms with Crippen molar-refractivity contribution in [2.75, 3.05) is 5.75 Å². The van der Waals surface area contributed by atoms with E-state index in [-0.39, 0.29) is 17.7 Å². The van der Waals surface area contributed by atoms with Crippen LogP contribution in [0.3, 0.4) is 0 Å². The van der Waals surface area contributed by atoms with Crippen LogP contribution in [-0.2, 0) is 4.79 Å². The number of thioether (sulfide) groups is 1. The van der Waals surface area contributed by atoms with E-state index in [4.69, 9.17) is 5.10 Å². The average Bonchev–Trinajstić information content (AvgIpc) is 3.56. The Morgan fingerprint density at radius 3 is 2.76 bits per heavy atom. The molecule has 1 amide bonds. The van der Waals surface area contributed by atoms with Crippen molar-refractivity contribution in [2.24, 2.45) is 5.10 Å². The summed E-state index contributed by atoms with van der Waals surface area (Å²) in [6.45, 7) is 0. The Bertz CT molecular complexity index is 991. The van der Waals surface area contributed by atoms with E-state index in [1.807, 2.05) is 27.6 Å². The fourth-order valence-electron chi connectivity index (χ4n) is 3.89. The van der Waals surface area contributed by atoms with Crippen LogP contribution in [0, 0.1) is 0 Å². The molecule has 10 heteroatoms. The molecule has 0 radical (unpaired) electrons. The zero-order valence-electron chi connectivity index (χ0n) is 15.7. The molecule has 0 aromatic carbocycles. The van der Waals surface area contributed by atoms with Crippen molar-refractivity contribution in [3.63, 3.8) is 0 Å². The molecule has 4 heterocycles. The molecule has 1 saturated carbocycles. The van der Waals surface area contributed by atoms with Crippen LogP contribution in [0.15, 0.2) is 45.3 Å². The maximum Gasteiger partial charge on any atom is 0.253 e. The van der Waals surface area contributed by atoms with Gasteiger partial charge in [0.15, 0.2) is 0 Å². The second kappa shape index (κ2) is 8.37. The third-order valence-corrected chi connectivity index (χ3v) is 8.11. The third-order valence-electron chi connectivity index (χ3n) is 5.30. The van der Waals surface area contributed by atoms with Crippen LogP contribution in [0.2, 0.25) is 0 Å². The summed E-state index contributed by atoms with van der Waals surface area (Å²) in [6.07, 6.45) is 5.38. The molecule has 29 heavy (non-hydrogen) atoms. The average molecular weight is 445 g/mol. The second-order valence-corrected chi connectivity index (χ2v) is 10.0. The first-order valence-electron chi connectivity index (χ1n) is 9.67. The molecule has 0 saturated heterocycles. The highest BCUT2D eigenvalue weighted by Gasteiger charge is 2.34. The van der Waals surface area contributed by atoms with E-state index in [2.05, 4.69) is 27.7 Å². The van der Waals surface area contributed by atoms with Gasteiger partial charge in [-0.15, -0.1) is 27.8 Å². The van der Waals surface area contributed by atoms with E-state index in [0.29, 0.717) is 6.04 Å². The van der Waals surface area contributed by atoms with Gasteiger partial charge < -0.3 is 0 Å². The summed E-state index contributed by atoms with van der Waals surface area (Å²) < 4.78 is 1.89. The number of tetrazole rings is 1. The summed E-state index contributed by atoms with van der Waals surface area (Å²) in [5.41, 5.74) is 0.979.